The second kappa shape index (κ2) is 1.01. The minimum absolute atomic E-state index is 0.565. The van der Waals surface area contributed by atoms with E-state index in [1.807, 2.05) is 0 Å². The van der Waals surface area contributed by atoms with Crippen molar-refractivity contribution < 1.29 is 0 Å². The summed E-state index contributed by atoms with van der Waals surface area (Å²) in [5.74, 6) is 0. The van der Waals surface area contributed by atoms with Crippen LogP contribution in [-0.2, 0) is 0 Å². The molecule has 0 aliphatic carbocycles. The Kier molecular flexibility index (Phi) is 0.695. The zero-order chi connectivity index (χ0) is 7.08. The van der Waals surface area contributed by atoms with Gasteiger partial charge in [-0.3, -0.25) is 0 Å². The maximum atomic E-state index is 2.57. The van der Waals surface area contributed by atoms with Crippen LogP contribution in [0.15, 0.2) is 0 Å². The molecular formula is C7H16Si2. The summed E-state index contributed by atoms with van der Waals surface area (Å²) in [6.07, 6.45) is 0. The zero-order valence-electron chi connectivity index (χ0n) is 7.08. The minimum Gasteiger partial charge on any atom is -0.0692 e. The van der Waals surface area contributed by atoms with Crippen molar-refractivity contribution >= 4 is 16.1 Å². The van der Waals surface area contributed by atoms with Crippen LogP contribution in [0.2, 0.25) is 36.0 Å². The van der Waals surface area contributed by atoms with E-state index in [9.17, 15) is 0 Å². The van der Waals surface area contributed by atoms with E-state index in [4.69, 9.17) is 0 Å². The molecule has 2 fully saturated rings. The molecule has 0 atom stereocenters. The Labute approximate surface area is 59.7 Å². The summed E-state index contributed by atoms with van der Waals surface area (Å²) in [7, 11) is -1.13. The Bertz CT molecular complexity index is 165. The van der Waals surface area contributed by atoms with Gasteiger partial charge in [-0.15, -0.1) is 0 Å². The predicted octanol–water partition coefficient (Wildman–Crippen LogP) is 2.64. The first-order valence-electron chi connectivity index (χ1n) is 3.87. The van der Waals surface area contributed by atoms with E-state index in [0.29, 0.717) is 0 Å². The van der Waals surface area contributed by atoms with Gasteiger partial charge in [0, 0.05) is 0 Å². The highest BCUT2D eigenvalue weighted by atomic mass is 28.5. The quantitative estimate of drug-likeness (QED) is 0.473. The maximum Gasteiger partial charge on any atom is 0.0508 e. The summed E-state index contributed by atoms with van der Waals surface area (Å²) in [5.41, 5.74) is 0. The van der Waals surface area contributed by atoms with E-state index in [0.717, 1.165) is 4.66 Å². The van der Waals surface area contributed by atoms with Crippen molar-refractivity contribution in [2.45, 2.75) is 42.9 Å². The predicted molar refractivity (Wildman–Crippen MR) is 47.1 cm³/mol. The largest absolute Gasteiger partial charge is 0.0692 e. The van der Waals surface area contributed by atoms with E-state index in [-0.39, 0.29) is 0 Å². The standard InChI is InChI=1S/C7H16Si2/c1-7-6(8(7,2)3)9(7,4)5/h6H,1-5H3. The monoisotopic (exact) mass is 156 g/mol. The Morgan fingerprint density at radius 3 is 1.22 bits per heavy atom. The first kappa shape index (κ1) is 6.16. The summed E-state index contributed by atoms with van der Waals surface area (Å²) in [6, 6.07) is 0. The van der Waals surface area contributed by atoms with E-state index in [2.05, 4.69) is 33.1 Å². The first-order chi connectivity index (χ1) is 3.87. The van der Waals surface area contributed by atoms with Gasteiger partial charge in [-0.25, -0.2) is 0 Å². The summed E-state index contributed by atoms with van der Waals surface area (Å²) in [5, 5.41) is 1.30. The van der Waals surface area contributed by atoms with Crippen LogP contribution in [-0.4, -0.2) is 16.1 Å². The van der Waals surface area contributed by atoms with E-state index >= 15 is 0 Å². The summed E-state index contributed by atoms with van der Waals surface area (Å²) in [6.45, 7) is 12.8. The summed E-state index contributed by atoms with van der Waals surface area (Å²) < 4.78 is 0.986. The van der Waals surface area contributed by atoms with E-state index in [1.54, 1.807) is 0 Å². The SMILES string of the molecule is CC12C([Si]1(C)C)[Si]2(C)C. The van der Waals surface area contributed by atoms with Gasteiger partial charge in [-0.2, -0.15) is 0 Å². The second-order valence-corrected chi connectivity index (χ2v) is 16.3. The smallest absolute Gasteiger partial charge is 0.0508 e. The van der Waals surface area contributed by atoms with Crippen molar-refractivity contribution in [3.63, 3.8) is 0 Å². The highest BCUT2D eigenvalue weighted by molar-refractivity contribution is 7.32. The second-order valence-electron chi connectivity index (χ2n) is 5.08. The van der Waals surface area contributed by atoms with Gasteiger partial charge in [-0.05, 0) is 9.83 Å². The topological polar surface area (TPSA) is 0 Å². The molecule has 0 aromatic rings. The van der Waals surface area contributed by atoms with Gasteiger partial charge >= 0.3 is 0 Å². The molecule has 0 aromatic carbocycles. The molecule has 2 heterocycles. The van der Waals surface area contributed by atoms with Crippen molar-refractivity contribution in [2.75, 3.05) is 0 Å². The molecular weight excluding hydrogens is 140 g/mol. The Balaban J connectivity index is 2.27. The van der Waals surface area contributed by atoms with Gasteiger partial charge in [-0.1, -0.05) is 33.1 Å². The third-order valence-electron chi connectivity index (χ3n) is 4.53. The lowest BCUT2D eigenvalue weighted by molar-refractivity contribution is 1.17. The van der Waals surface area contributed by atoms with Crippen LogP contribution >= 0.6 is 0 Å². The van der Waals surface area contributed by atoms with Gasteiger partial charge in [0.15, 0.2) is 0 Å². The Morgan fingerprint density at radius 1 is 1.00 bits per heavy atom. The van der Waals surface area contributed by atoms with Gasteiger partial charge in [0.1, 0.15) is 0 Å². The van der Waals surface area contributed by atoms with Crippen LogP contribution in [0.3, 0.4) is 0 Å². The lowest BCUT2D eigenvalue weighted by Crippen LogP contribution is -2.35. The molecule has 0 aromatic heterocycles. The summed E-state index contributed by atoms with van der Waals surface area (Å²) >= 11 is 0. The average molecular weight is 156 g/mol. The van der Waals surface area contributed by atoms with Crippen molar-refractivity contribution in [3.05, 3.63) is 0 Å². The zero-order valence-corrected chi connectivity index (χ0v) is 9.08. The molecule has 0 radical (unpaired) electrons. The molecule has 2 heteroatoms. The number of fused-ring (bicyclic) bond motifs is 1. The van der Waals surface area contributed by atoms with E-state index in [1.165, 1.54) is 5.16 Å². The number of hydrogen-bond acceptors (Lipinski definition) is 0. The maximum absolute atomic E-state index is 2.57. The van der Waals surface area contributed by atoms with E-state index < -0.39 is 16.1 Å². The molecule has 52 valence electrons. The third kappa shape index (κ3) is 0.332. The van der Waals surface area contributed by atoms with Crippen molar-refractivity contribution in [1.82, 2.24) is 0 Å². The fourth-order valence-electron chi connectivity index (χ4n) is 3.61. The number of hydrogen-bond donors (Lipinski definition) is 0. The molecule has 2 rings (SSSR count). The third-order valence-corrected chi connectivity index (χ3v) is 22.7. The van der Waals surface area contributed by atoms with Gasteiger partial charge in [0.25, 0.3) is 0 Å². The Hall–Kier alpha value is 0.434. The molecule has 0 unspecified atom stereocenters. The highest BCUT2D eigenvalue weighted by Gasteiger charge is 2.94. The van der Waals surface area contributed by atoms with Crippen LogP contribution in [0, 0.1) is 0 Å². The van der Waals surface area contributed by atoms with Crippen molar-refractivity contribution in [3.8, 4) is 0 Å². The lowest BCUT2D eigenvalue weighted by atomic mass is 10.6. The molecule has 0 nitrogen and oxygen atoms in total. The van der Waals surface area contributed by atoms with Crippen LogP contribution in [0.25, 0.3) is 0 Å². The lowest BCUT2D eigenvalue weighted by Gasteiger charge is -2.24. The molecule has 0 N–H and O–H groups in total. The molecule has 2 aliphatic rings. The normalized spacial score (nSPS) is 56.3. The number of rotatable bonds is 0. The van der Waals surface area contributed by atoms with Crippen molar-refractivity contribution in [1.29, 1.82) is 0 Å². The van der Waals surface area contributed by atoms with Crippen molar-refractivity contribution in [2.24, 2.45) is 0 Å². The molecule has 0 bridgehead atoms. The van der Waals surface area contributed by atoms with Crippen LogP contribution < -0.4 is 0 Å². The highest BCUT2D eigenvalue weighted by Crippen LogP contribution is 2.95. The Morgan fingerprint density at radius 2 is 1.22 bits per heavy atom. The molecule has 2 aliphatic heterocycles. The molecule has 2 saturated heterocycles. The minimum atomic E-state index is -0.565. The van der Waals surface area contributed by atoms with Crippen LogP contribution in [0.1, 0.15) is 6.92 Å². The van der Waals surface area contributed by atoms with Gasteiger partial charge in [0.2, 0.25) is 0 Å². The average Bonchev–Trinajstić information content (AvgIpc) is 2.21. The molecule has 0 amide bonds. The first-order valence-corrected chi connectivity index (χ1v) is 10.0. The van der Waals surface area contributed by atoms with Gasteiger partial charge < -0.3 is 0 Å². The van der Waals surface area contributed by atoms with Gasteiger partial charge in [0.05, 0.1) is 16.1 Å². The van der Waals surface area contributed by atoms with Crippen LogP contribution in [0.5, 0.6) is 0 Å². The fraction of sp³-hybridized carbons (Fsp3) is 1.00. The molecule has 0 saturated carbocycles. The molecule has 9 heavy (non-hydrogen) atoms. The summed E-state index contributed by atoms with van der Waals surface area (Å²) in [4.78, 5) is 0. The fourth-order valence-corrected chi connectivity index (χ4v) is 28.2. The molecule has 0 spiro atoms. The van der Waals surface area contributed by atoms with Crippen LogP contribution in [0.4, 0.5) is 0 Å².